The summed E-state index contributed by atoms with van der Waals surface area (Å²) in [6.07, 6.45) is 13.0. The topological polar surface area (TPSA) is 35.6 Å². The van der Waals surface area contributed by atoms with Crippen LogP contribution in [0.4, 0.5) is 0 Å². The molecule has 2 aliphatic carbocycles. The van der Waals surface area contributed by atoms with Crippen molar-refractivity contribution in [1.82, 2.24) is 19.6 Å². The van der Waals surface area contributed by atoms with Crippen molar-refractivity contribution >= 4 is 17.6 Å². The Bertz CT molecular complexity index is 2120. The largest absolute Gasteiger partial charge is 1.00 e. The summed E-state index contributed by atoms with van der Waals surface area (Å²) in [5.41, 5.74) is 18.3. The zero-order valence-corrected chi connectivity index (χ0v) is 34.2. The van der Waals surface area contributed by atoms with Crippen molar-refractivity contribution in [2.45, 2.75) is 48.0 Å². The van der Waals surface area contributed by atoms with Gasteiger partial charge in [0.25, 0.3) is 0 Å². The number of hydrogen-bond donors (Lipinski definition) is 0. The number of rotatable bonds is 6. The van der Waals surface area contributed by atoms with Gasteiger partial charge in [-0.3, -0.25) is 0 Å². The minimum absolute atomic E-state index is 0. The number of nitrogens with zero attached hydrogens (tertiary/aromatic N) is 4. The fraction of sp³-hybridized carbons (Fsp3) is 0.190. The van der Waals surface area contributed by atoms with Crippen LogP contribution in [0, 0.1) is 13.8 Å². The van der Waals surface area contributed by atoms with Gasteiger partial charge in [0.1, 0.15) is 0 Å². The van der Waals surface area contributed by atoms with E-state index < -0.39 is 25.8 Å². The molecule has 0 aliphatic heterocycles. The van der Waals surface area contributed by atoms with E-state index in [9.17, 15) is 0 Å². The van der Waals surface area contributed by atoms with Crippen molar-refractivity contribution < 1.29 is 45.2 Å². The van der Waals surface area contributed by atoms with Gasteiger partial charge in [0.2, 0.25) is 0 Å². The Kier molecular flexibility index (Phi) is 10.6. The van der Waals surface area contributed by atoms with E-state index in [-0.39, 0.29) is 24.8 Å². The maximum absolute atomic E-state index is 4.69. The molecule has 0 bridgehead atoms. The van der Waals surface area contributed by atoms with Crippen LogP contribution in [0.25, 0.3) is 45.8 Å². The maximum Gasteiger partial charge on any atom is -1.00 e. The summed E-state index contributed by atoms with van der Waals surface area (Å²) in [6, 6.07) is 31.7. The molecule has 0 radical (unpaired) electrons. The first-order chi connectivity index (χ1) is 23.3. The fourth-order valence-electron chi connectivity index (χ4n) is 7.85. The number of aryl methyl sites for hydroxylation is 2. The average Bonchev–Trinajstić information content (AvgIpc) is 3.90. The smallest absolute Gasteiger partial charge is 1.00 e. The van der Waals surface area contributed by atoms with E-state index >= 15 is 0 Å². The molecule has 0 N–H and O–H groups in total. The van der Waals surface area contributed by atoms with E-state index in [0.717, 1.165) is 11.4 Å². The van der Waals surface area contributed by atoms with Gasteiger partial charge in [-0.2, -0.15) is 0 Å². The summed E-state index contributed by atoms with van der Waals surface area (Å²) >= 11 is -2.37. The van der Waals surface area contributed by atoms with Crippen molar-refractivity contribution in [3.8, 4) is 33.6 Å². The molecule has 2 atom stereocenters. The zero-order chi connectivity index (χ0) is 33.1. The fourth-order valence-corrected chi connectivity index (χ4v) is 28.5. The normalized spacial score (nSPS) is 15.5. The summed E-state index contributed by atoms with van der Waals surface area (Å²) in [4.78, 5) is 0. The van der Waals surface area contributed by atoms with Crippen molar-refractivity contribution in [2.75, 3.05) is 0 Å². The molecule has 6 aromatic rings. The molecule has 2 aromatic heterocycles. The Morgan fingerprint density at radius 1 is 0.580 bits per heavy atom. The number of fused-ring (bicyclic) bond motifs is 2. The molecule has 50 heavy (non-hydrogen) atoms. The monoisotopic (exact) mass is 788 g/mol. The molecule has 2 heterocycles. The van der Waals surface area contributed by atoms with Crippen LogP contribution >= 0.6 is 0 Å². The van der Waals surface area contributed by atoms with Crippen molar-refractivity contribution in [1.29, 1.82) is 0 Å². The number of halogens is 2. The summed E-state index contributed by atoms with van der Waals surface area (Å²) in [7, 11) is 0. The van der Waals surface area contributed by atoms with E-state index in [2.05, 4.69) is 148 Å². The molecular weight excluding hydrogens is 751 g/mol. The first-order valence-corrected chi connectivity index (χ1v) is 25.8. The van der Waals surface area contributed by atoms with Gasteiger partial charge < -0.3 is 24.8 Å². The van der Waals surface area contributed by atoms with Crippen LogP contribution in [0.3, 0.4) is 0 Å². The van der Waals surface area contributed by atoms with E-state index in [0.29, 0.717) is 7.25 Å². The van der Waals surface area contributed by atoms with E-state index in [1.165, 1.54) is 55.6 Å². The van der Waals surface area contributed by atoms with Crippen LogP contribution in [-0.2, 0) is 20.4 Å². The number of aromatic nitrogens is 4. The van der Waals surface area contributed by atoms with E-state index in [1.54, 1.807) is 11.1 Å². The molecule has 0 amide bonds. The van der Waals surface area contributed by atoms with Crippen molar-refractivity contribution in [2.24, 2.45) is 0 Å². The van der Waals surface area contributed by atoms with Gasteiger partial charge >= 0.3 is 293 Å². The molecule has 250 valence electrons. The van der Waals surface area contributed by atoms with Crippen molar-refractivity contribution in [3.05, 3.63) is 154 Å². The number of allylic oxidation sites excluding steroid dienone is 2. The standard InChI is InChI=1S/2C20H17N2.C2H6Si.2ClH.Zr/c2*1-14-4-6-16(7-5-14)20-13-18(22-9-3-8-21-22)12-17-10-15(2)11-19(17)20;1-3-2;;;/h2*3-13H,1-2H3;1-2H3;2*1H;/q;;;;;+2/p-2. The maximum atomic E-state index is 4.69. The van der Waals surface area contributed by atoms with Crippen LogP contribution in [0.2, 0.25) is 13.1 Å². The minimum atomic E-state index is -2.37. The third-order valence-corrected chi connectivity index (χ3v) is 30.0. The van der Waals surface area contributed by atoms with Crippen LogP contribution < -0.4 is 24.8 Å². The predicted octanol–water partition coefficient (Wildman–Crippen LogP) is 4.50. The van der Waals surface area contributed by atoms with Crippen molar-refractivity contribution in [3.63, 3.8) is 0 Å². The molecule has 4 nitrogen and oxygen atoms in total. The molecule has 8 heteroatoms. The third kappa shape index (κ3) is 6.41. The molecule has 2 aliphatic rings. The summed E-state index contributed by atoms with van der Waals surface area (Å²) < 4.78 is 5.08. The first-order valence-electron chi connectivity index (χ1n) is 16.8. The molecule has 0 spiro atoms. The van der Waals surface area contributed by atoms with Gasteiger partial charge in [0.15, 0.2) is 0 Å². The molecule has 0 fully saturated rings. The van der Waals surface area contributed by atoms with Crippen LogP contribution in [0.15, 0.2) is 121 Å². The number of hydrogen-bond acceptors (Lipinski definition) is 2. The summed E-state index contributed by atoms with van der Waals surface area (Å²) in [5.74, 6) is 0. The minimum Gasteiger partial charge on any atom is -1.00 e. The second-order valence-corrected chi connectivity index (χ2v) is 31.6. The van der Waals surface area contributed by atoms with Gasteiger partial charge in [-0.25, -0.2) is 0 Å². The quantitative estimate of drug-likeness (QED) is 0.233. The zero-order valence-electron chi connectivity index (χ0n) is 29.2. The summed E-state index contributed by atoms with van der Waals surface area (Å²) in [6.45, 7) is 14.4. The van der Waals surface area contributed by atoms with Gasteiger partial charge in [-0.05, 0) is 0 Å². The Morgan fingerprint density at radius 2 is 0.980 bits per heavy atom. The van der Waals surface area contributed by atoms with Crippen LogP contribution in [-0.4, -0.2) is 25.0 Å². The Hall–Kier alpha value is -3.54. The predicted molar refractivity (Wildman–Crippen MR) is 198 cm³/mol. The van der Waals surface area contributed by atoms with Gasteiger partial charge in [0, 0.05) is 0 Å². The SMILES string of the molecule is CC1=Cc2c(-c3ccc(C)cc3)cc(-n3cccn3)cc2[C@@H]1[Zr+2]([C@H]1C(C)=Cc2c(-c3ccc(C)cc3)cc(-n3cccn3)cc21)=[Si](C)C.[Cl-].[Cl-]. The molecule has 0 saturated heterocycles. The van der Waals surface area contributed by atoms with Crippen LogP contribution in [0.5, 0.6) is 0 Å². The summed E-state index contributed by atoms with van der Waals surface area (Å²) in [5, 5.41) is 9.37. The van der Waals surface area contributed by atoms with E-state index in [4.69, 9.17) is 0 Å². The number of benzene rings is 4. The van der Waals surface area contributed by atoms with Gasteiger partial charge in [-0.15, -0.1) is 0 Å². The Morgan fingerprint density at radius 3 is 1.32 bits per heavy atom. The molecule has 4 aromatic carbocycles. The molecule has 0 unspecified atom stereocenters. The van der Waals surface area contributed by atoms with Crippen LogP contribution in [0.1, 0.15) is 54.5 Å². The third-order valence-electron chi connectivity index (χ3n) is 10.1. The molecule has 8 rings (SSSR count). The first kappa shape index (κ1) is 36.3. The molecular formula is C42H40Cl2N4SiZr. The molecule has 0 saturated carbocycles. The second-order valence-electron chi connectivity index (χ2n) is 13.7. The second kappa shape index (κ2) is 14.6. The van der Waals surface area contributed by atoms with Gasteiger partial charge in [-0.1, -0.05) is 0 Å². The Labute approximate surface area is 316 Å². The Balaban J connectivity index is 0.00000216. The average molecular weight is 791 g/mol. The van der Waals surface area contributed by atoms with Gasteiger partial charge in [0.05, 0.1) is 0 Å². The van der Waals surface area contributed by atoms with E-state index in [1.807, 2.05) is 33.9 Å².